The number of hydrogen-bond donors (Lipinski definition) is 0. The molecular formula is C18H21N3O3. The van der Waals surface area contributed by atoms with Crippen molar-refractivity contribution in [3.05, 3.63) is 55.6 Å². The van der Waals surface area contributed by atoms with Crippen LogP contribution >= 0.6 is 0 Å². The zero-order chi connectivity index (χ0) is 17.7. The number of carbonyl (C=O) groups is 3. The van der Waals surface area contributed by atoms with E-state index in [0.29, 0.717) is 18.8 Å². The third-order valence-corrected chi connectivity index (χ3v) is 3.83. The third kappa shape index (κ3) is 3.37. The number of amides is 4. The molecule has 1 aromatic rings. The van der Waals surface area contributed by atoms with Crippen LogP contribution in [0.25, 0.3) is 0 Å². The Hall–Kier alpha value is -2.89. The van der Waals surface area contributed by atoms with E-state index < -0.39 is 12.1 Å². The van der Waals surface area contributed by atoms with Crippen LogP contribution < -0.4 is 4.90 Å². The quantitative estimate of drug-likeness (QED) is 0.569. The van der Waals surface area contributed by atoms with Crippen molar-refractivity contribution in [2.75, 3.05) is 24.5 Å². The Labute approximate surface area is 141 Å². The van der Waals surface area contributed by atoms with Gasteiger partial charge in [0.15, 0.2) is 0 Å². The van der Waals surface area contributed by atoms with Crippen LogP contribution in [0.1, 0.15) is 6.92 Å². The fourth-order valence-electron chi connectivity index (χ4n) is 2.62. The van der Waals surface area contributed by atoms with Crippen LogP contribution in [0.15, 0.2) is 55.6 Å². The molecule has 126 valence electrons. The highest BCUT2D eigenvalue weighted by molar-refractivity contribution is 6.15. The number of imide groups is 1. The normalized spacial score (nSPS) is 17.1. The number of urea groups is 1. The second-order valence-electron chi connectivity index (χ2n) is 5.46. The summed E-state index contributed by atoms with van der Waals surface area (Å²) in [5, 5.41) is 0. The molecule has 1 fully saturated rings. The van der Waals surface area contributed by atoms with Crippen LogP contribution in [0, 0.1) is 0 Å². The Morgan fingerprint density at radius 3 is 2.29 bits per heavy atom. The largest absolute Gasteiger partial charge is 0.334 e. The molecule has 6 nitrogen and oxygen atoms in total. The molecule has 0 aliphatic carbocycles. The lowest BCUT2D eigenvalue weighted by Gasteiger charge is -2.22. The summed E-state index contributed by atoms with van der Waals surface area (Å²) in [5.41, 5.74) is 0.632. The molecule has 1 saturated heterocycles. The Bertz CT molecular complexity index is 647. The monoisotopic (exact) mass is 327 g/mol. The molecule has 0 radical (unpaired) electrons. The van der Waals surface area contributed by atoms with Gasteiger partial charge in [0.05, 0.1) is 0 Å². The number of carbonyl (C=O) groups excluding carboxylic acids is 3. The summed E-state index contributed by atoms with van der Waals surface area (Å²) in [6.45, 7) is 9.25. The summed E-state index contributed by atoms with van der Waals surface area (Å²) in [7, 11) is 0. The standard InChI is InChI=1S/C18H21N3O3/c1-4-11-19(12-5-2)16(22)13-20-17(23)14(3)21(18(20)24)15-9-7-6-8-10-15/h4-10,14H,1-2,11-13H2,3H3. The Balaban J connectivity index is 2.17. The first-order chi connectivity index (χ1) is 11.5. The van der Waals surface area contributed by atoms with Gasteiger partial charge in [-0.05, 0) is 19.1 Å². The van der Waals surface area contributed by atoms with Crippen LogP contribution in [0.3, 0.4) is 0 Å². The minimum Gasteiger partial charge on any atom is -0.334 e. The zero-order valence-corrected chi connectivity index (χ0v) is 13.7. The summed E-state index contributed by atoms with van der Waals surface area (Å²) >= 11 is 0. The maximum Gasteiger partial charge on any atom is 0.332 e. The van der Waals surface area contributed by atoms with E-state index in [1.165, 1.54) is 9.80 Å². The van der Waals surface area contributed by atoms with Gasteiger partial charge in [-0.2, -0.15) is 0 Å². The minimum atomic E-state index is -0.639. The van der Waals surface area contributed by atoms with E-state index in [9.17, 15) is 14.4 Å². The van der Waals surface area contributed by atoms with Crippen LogP contribution in [-0.4, -0.2) is 53.3 Å². The first-order valence-corrected chi connectivity index (χ1v) is 7.70. The topological polar surface area (TPSA) is 60.9 Å². The van der Waals surface area contributed by atoms with Gasteiger partial charge in [0.25, 0.3) is 5.91 Å². The first-order valence-electron chi connectivity index (χ1n) is 7.70. The van der Waals surface area contributed by atoms with Crippen molar-refractivity contribution in [3.63, 3.8) is 0 Å². The number of para-hydroxylation sites is 1. The molecule has 1 unspecified atom stereocenters. The lowest BCUT2D eigenvalue weighted by Crippen LogP contribution is -2.43. The van der Waals surface area contributed by atoms with Crippen LogP contribution in [-0.2, 0) is 9.59 Å². The molecule has 0 bridgehead atoms. The number of nitrogens with zero attached hydrogens (tertiary/aromatic N) is 3. The van der Waals surface area contributed by atoms with Crippen molar-refractivity contribution in [2.24, 2.45) is 0 Å². The average Bonchev–Trinajstić information content (AvgIpc) is 2.79. The predicted octanol–water partition coefficient (Wildman–Crippen LogP) is 2.04. The lowest BCUT2D eigenvalue weighted by molar-refractivity contribution is -0.136. The van der Waals surface area contributed by atoms with E-state index in [2.05, 4.69) is 13.2 Å². The number of benzene rings is 1. The van der Waals surface area contributed by atoms with Crippen LogP contribution in [0.2, 0.25) is 0 Å². The van der Waals surface area contributed by atoms with Gasteiger partial charge in [-0.3, -0.25) is 19.4 Å². The van der Waals surface area contributed by atoms with Gasteiger partial charge in [-0.15, -0.1) is 13.2 Å². The van der Waals surface area contributed by atoms with Gasteiger partial charge in [0.1, 0.15) is 12.6 Å². The van der Waals surface area contributed by atoms with Gasteiger partial charge < -0.3 is 4.90 Å². The van der Waals surface area contributed by atoms with Crippen LogP contribution in [0.5, 0.6) is 0 Å². The van der Waals surface area contributed by atoms with E-state index in [-0.39, 0.29) is 18.4 Å². The van der Waals surface area contributed by atoms with E-state index in [1.54, 1.807) is 43.3 Å². The second kappa shape index (κ2) is 7.59. The van der Waals surface area contributed by atoms with E-state index in [1.807, 2.05) is 6.07 Å². The SMILES string of the molecule is C=CCN(CC=C)C(=O)CN1C(=O)C(C)N(c2ccccc2)C1=O. The molecule has 1 aromatic carbocycles. The molecule has 0 aromatic heterocycles. The number of rotatable bonds is 7. The highest BCUT2D eigenvalue weighted by Gasteiger charge is 2.44. The van der Waals surface area contributed by atoms with Crippen molar-refractivity contribution in [1.82, 2.24) is 9.80 Å². The van der Waals surface area contributed by atoms with Gasteiger partial charge in [0.2, 0.25) is 5.91 Å². The summed E-state index contributed by atoms with van der Waals surface area (Å²) in [6.07, 6.45) is 3.18. The molecule has 1 heterocycles. The van der Waals surface area contributed by atoms with Crippen molar-refractivity contribution < 1.29 is 14.4 Å². The fraction of sp³-hybridized carbons (Fsp3) is 0.278. The predicted molar refractivity (Wildman–Crippen MR) is 92.5 cm³/mol. The molecule has 1 atom stereocenters. The third-order valence-electron chi connectivity index (χ3n) is 3.83. The molecule has 6 heteroatoms. The van der Waals surface area contributed by atoms with E-state index in [4.69, 9.17) is 0 Å². The number of hydrogen-bond acceptors (Lipinski definition) is 3. The zero-order valence-electron chi connectivity index (χ0n) is 13.7. The lowest BCUT2D eigenvalue weighted by atomic mass is 10.2. The summed E-state index contributed by atoms with van der Waals surface area (Å²) < 4.78 is 0. The maximum atomic E-state index is 12.6. The molecular weight excluding hydrogens is 306 g/mol. The molecule has 24 heavy (non-hydrogen) atoms. The Kier molecular flexibility index (Phi) is 5.52. The van der Waals surface area contributed by atoms with Crippen LogP contribution in [0.4, 0.5) is 10.5 Å². The average molecular weight is 327 g/mol. The van der Waals surface area contributed by atoms with Gasteiger partial charge in [-0.1, -0.05) is 30.4 Å². The fourth-order valence-corrected chi connectivity index (χ4v) is 2.62. The smallest absolute Gasteiger partial charge is 0.332 e. The molecule has 4 amide bonds. The summed E-state index contributed by atoms with van der Waals surface area (Å²) in [6, 6.07) is 7.82. The molecule has 0 spiro atoms. The molecule has 2 rings (SSSR count). The van der Waals surface area contributed by atoms with Crippen molar-refractivity contribution in [3.8, 4) is 0 Å². The Morgan fingerprint density at radius 1 is 1.17 bits per heavy atom. The Morgan fingerprint density at radius 2 is 1.75 bits per heavy atom. The second-order valence-corrected chi connectivity index (χ2v) is 5.46. The highest BCUT2D eigenvalue weighted by Crippen LogP contribution is 2.25. The number of anilines is 1. The maximum absolute atomic E-state index is 12.6. The van der Waals surface area contributed by atoms with Gasteiger partial charge >= 0.3 is 6.03 Å². The van der Waals surface area contributed by atoms with E-state index in [0.717, 1.165) is 4.90 Å². The van der Waals surface area contributed by atoms with Crippen molar-refractivity contribution >= 4 is 23.5 Å². The summed E-state index contributed by atoms with van der Waals surface area (Å²) in [5.74, 6) is -0.701. The van der Waals surface area contributed by atoms with Gasteiger partial charge in [-0.25, -0.2) is 4.79 Å². The van der Waals surface area contributed by atoms with E-state index >= 15 is 0 Å². The van der Waals surface area contributed by atoms with Gasteiger partial charge in [0, 0.05) is 18.8 Å². The van der Waals surface area contributed by atoms with Crippen molar-refractivity contribution in [2.45, 2.75) is 13.0 Å². The molecule has 1 aliphatic heterocycles. The molecule has 0 N–H and O–H groups in total. The van der Waals surface area contributed by atoms with Crippen molar-refractivity contribution in [1.29, 1.82) is 0 Å². The summed E-state index contributed by atoms with van der Waals surface area (Å²) in [4.78, 5) is 41.3. The molecule has 0 saturated carbocycles. The highest BCUT2D eigenvalue weighted by atomic mass is 16.2. The molecule has 1 aliphatic rings. The minimum absolute atomic E-state index is 0.285. The first kappa shape index (κ1) is 17.5.